The molecule has 0 heterocycles. The van der Waals surface area contributed by atoms with Crippen LogP contribution >= 0.6 is 0 Å². The van der Waals surface area contributed by atoms with Crippen LogP contribution in [0, 0.1) is 0 Å². The van der Waals surface area contributed by atoms with E-state index < -0.39 is 5.79 Å². The van der Waals surface area contributed by atoms with E-state index in [9.17, 15) is 0 Å². The number of ether oxygens (including phenoxy) is 2. The van der Waals surface area contributed by atoms with E-state index in [1.54, 1.807) is 0 Å². The molecular formula is C16H34O2. The first-order valence-corrected chi connectivity index (χ1v) is 7.75. The molecule has 0 aromatic carbocycles. The predicted octanol–water partition coefficient (Wildman–Crippen LogP) is 5.30. The van der Waals surface area contributed by atoms with Gasteiger partial charge >= 0.3 is 0 Å². The van der Waals surface area contributed by atoms with Gasteiger partial charge in [0.1, 0.15) is 0 Å². The highest BCUT2D eigenvalue weighted by atomic mass is 16.7. The van der Waals surface area contributed by atoms with Crippen molar-refractivity contribution in [2.24, 2.45) is 0 Å². The molecule has 18 heavy (non-hydrogen) atoms. The number of unbranched alkanes of at least 4 members (excludes halogenated alkanes) is 5. The first-order valence-electron chi connectivity index (χ1n) is 7.75. The lowest BCUT2D eigenvalue weighted by atomic mass is 10.1. The monoisotopic (exact) mass is 258 g/mol. The summed E-state index contributed by atoms with van der Waals surface area (Å²) in [5, 5.41) is 0. The van der Waals surface area contributed by atoms with Crippen LogP contribution in [0.15, 0.2) is 0 Å². The molecule has 0 rings (SSSR count). The molecule has 0 aromatic rings. The third kappa shape index (κ3) is 9.90. The molecule has 0 saturated heterocycles. The van der Waals surface area contributed by atoms with Crippen molar-refractivity contribution in [1.29, 1.82) is 0 Å². The maximum Gasteiger partial charge on any atom is 0.166 e. The summed E-state index contributed by atoms with van der Waals surface area (Å²) in [6.07, 6.45) is 9.29. The lowest BCUT2D eigenvalue weighted by molar-refractivity contribution is -0.261. The van der Waals surface area contributed by atoms with Gasteiger partial charge in [-0.3, -0.25) is 0 Å². The molecule has 0 saturated carbocycles. The highest BCUT2D eigenvalue weighted by Crippen LogP contribution is 2.25. The summed E-state index contributed by atoms with van der Waals surface area (Å²) in [6, 6.07) is 0. The number of hydrogen-bond acceptors (Lipinski definition) is 2. The number of hydrogen-bond donors (Lipinski definition) is 0. The van der Waals surface area contributed by atoms with Gasteiger partial charge in [-0.25, -0.2) is 0 Å². The highest BCUT2D eigenvalue weighted by molar-refractivity contribution is 4.66. The van der Waals surface area contributed by atoms with E-state index in [0.29, 0.717) is 0 Å². The standard InChI is InChI=1S/C16H34O2/c1-7-8-9-10-11-12-13-16(6,17-14(2)3)18-15(4)5/h14-15H,7-13H2,1-6H3. The van der Waals surface area contributed by atoms with Crippen molar-refractivity contribution < 1.29 is 9.47 Å². The summed E-state index contributed by atoms with van der Waals surface area (Å²) >= 11 is 0. The predicted molar refractivity (Wildman–Crippen MR) is 78.8 cm³/mol. The van der Waals surface area contributed by atoms with Gasteiger partial charge in [-0.1, -0.05) is 39.0 Å². The third-order valence-corrected chi connectivity index (χ3v) is 2.95. The second kappa shape index (κ2) is 9.80. The molecule has 2 heteroatoms. The maximum atomic E-state index is 5.95. The Morgan fingerprint density at radius 2 is 1.22 bits per heavy atom. The molecule has 0 fully saturated rings. The summed E-state index contributed by atoms with van der Waals surface area (Å²) in [4.78, 5) is 0. The van der Waals surface area contributed by atoms with E-state index in [1.165, 1.54) is 38.5 Å². The van der Waals surface area contributed by atoms with E-state index in [-0.39, 0.29) is 12.2 Å². The van der Waals surface area contributed by atoms with Crippen molar-refractivity contribution in [1.82, 2.24) is 0 Å². The smallest absolute Gasteiger partial charge is 0.166 e. The van der Waals surface area contributed by atoms with Crippen molar-refractivity contribution in [3.63, 3.8) is 0 Å². The van der Waals surface area contributed by atoms with Crippen molar-refractivity contribution in [2.45, 2.75) is 104 Å². The summed E-state index contributed by atoms with van der Waals surface area (Å²) < 4.78 is 11.9. The molecule has 0 unspecified atom stereocenters. The second-order valence-electron chi connectivity index (χ2n) is 5.98. The quantitative estimate of drug-likeness (QED) is 0.369. The van der Waals surface area contributed by atoms with Crippen LogP contribution < -0.4 is 0 Å². The molecular weight excluding hydrogens is 224 g/mol. The molecule has 0 aromatic heterocycles. The Kier molecular flexibility index (Phi) is 9.76. The molecule has 0 spiro atoms. The van der Waals surface area contributed by atoms with Crippen molar-refractivity contribution in [3.8, 4) is 0 Å². The molecule has 0 amide bonds. The molecule has 0 N–H and O–H groups in total. The normalized spacial score (nSPS) is 12.7. The van der Waals surface area contributed by atoms with Crippen LogP contribution in [0.3, 0.4) is 0 Å². The first kappa shape index (κ1) is 17.9. The van der Waals surface area contributed by atoms with Gasteiger partial charge in [0.2, 0.25) is 0 Å². The van der Waals surface area contributed by atoms with Crippen molar-refractivity contribution in [3.05, 3.63) is 0 Å². The Balaban J connectivity index is 3.93. The summed E-state index contributed by atoms with van der Waals surface area (Å²) in [7, 11) is 0. The Labute approximate surface area is 114 Å². The van der Waals surface area contributed by atoms with Crippen LogP contribution in [0.2, 0.25) is 0 Å². The molecule has 0 bridgehead atoms. The Morgan fingerprint density at radius 1 is 0.778 bits per heavy atom. The summed E-state index contributed by atoms with van der Waals surface area (Å²) in [5.74, 6) is -0.410. The Hall–Kier alpha value is -0.0800. The van der Waals surface area contributed by atoms with E-state index in [1.807, 2.05) is 0 Å². The van der Waals surface area contributed by atoms with E-state index in [4.69, 9.17) is 9.47 Å². The molecule has 0 radical (unpaired) electrons. The lowest BCUT2D eigenvalue weighted by Crippen LogP contribution is -2.37. The summed E-state index contributed by atoms with van der Waals surface area (Å²) in [6.45, 7) is 12.6. The third-order valence-electron chi connectivity index (χ3n) is 2.95. The fourth-order valence-corrected chi connectivity index (χ4v) is 2.37. The molecule has 0 atom stereocenters. The van der Waals surface area contributed by atoms with E-state index in [0.717, 1.165) is 6.42 Å². The highest BCUT2D eigenvalue weighted by Gasteiger charge is 2.27. The molecule has 2 nitrogen and oxygen atoms in total. The molecule has 0 aliphatic heterocycles. The van der Waals surface area contributed by atoms with Gasteiger partial charge in [0, 0.05) is 6.42 Å². The van der Waals surface area contributed by atoms with Crippen molar-refractivity contribution >= 4 is 0 Å². The van der Waals surface area contributed by atoms with Crippen LogP contribution in [-0.4, -0.2) is 18.0 Å². The zero-order valence-corrected chi connectivity index (χ0v) is 13.4. The maximum absolute atomic E-state index is 5.95. The van der Waals surface area contributed by atoms with Gasteiger partial charge in [0.15, 0.2) is 5.79 Å². The fraction of sp³-hybridized carbons (Fsp3) is 1.00. The largest absolute Gasteiger partial charge is 0.348 e. The van der Waals surface area contributed by atoms with Crippen molar-refractivity contribution in [2.75, 3.05) is 0 Å². The molecule has 110 valence electrons. The average Bonchev–Trinajstić information content (AvgIpc) is 2.20. The van der Waals surface area contributed by atoms with Crippen LogP contribution in [0.1, 0.15) is 86.5 Å². The van der Waals surface area contributed by atoms with Crippen LogP contribution in [0.25, 0.3) is 0 Å². The number of rotatable bonds is 11. The SMILES string of the molecule is CCCCCCCCC(C)(OC(C)C)OC(C)C. The fourth-order valence-electron chi connectivity index (χ4n) is 2.37. The van der Waals surface area contributed by atoms with Gasteiger partial charge in [-0.05, 0) is 41.0 Å². The van der Waals surface area contributed by atoms with Gasteiger partial charge in [0.05, 0.1) is 12.2 Å². The minimum Gasteiger partial charge on any atom is -0.348 e. The van der Waals surface area contributed by atoms with Crippen LogP contribution in [0.5, 0.6) is 0 Å². The van der Waals surface area contributed by atoms with Gasteiger partial charge in [-0.15, -0.1) is 0 Å². The van der Waals surface area contributed by atoms with Gasteiger partial charge in [0.25, 0.3) is 0 Å². The van der Waals surface area contributed by atoms with E-state index >= 15 is 0 Å². The van der Waals surface area contributed by atoms with Gasteiger partial charge in [-0.2, -0.15) is 0 Å². The zero-order chi connectivity index (χ0) is 14.0. The minimum atomic E-state index is -0.410. The first-order chi connectivity index (χ1) is 8.39. The molecule has 0 aliphatic rings. The van der Waals surface area contributed by atoms with Gasteiger partial charge < -0.3 is 9.47 Å². The lowest BCUT2D eigenvalue weighted by Gasteiger charge is -2.34. The second-order valence-corrected chi connectivity index (χ2v) is 5.98. The van der Waals surface area contributed by atoms with E-state index in [2.05, 4.69) is 41.5 Å². The topological polar surface area (TPSA) is 18.5 Å². The average molecular weight is 258 g/mol. The Bertz CT molecular complexity index is 178. The Morgan fingerprint density at radius 3 is 1.67 bits per heavy atom. The minimum absolute atomic E-state index is 0.217. The van der Waals surface area contributed by atoms with Crippen LogP contribution in [0.4, 0.5) is 0 Å². The molecule has 0 aliphatic carbocycles. The zero-order valence-electron chi connectivity index (χ0n) is 13.4. The van der Waals surface area contributed by atoms with Crippen LogP contribution in [-0.2, 0) is 9.47 Å². The summed E-state index contributed by atoms with van der Waals surface area (Å²) in [5.41, 5.74) is 0.